The molecule has 2 bridgehead atoms. The Bertz CT molecular complexity index is 783. The number of carbonyl (C=O) groups excluding carboxylic acids is 1. The number of nitrogens with one attached hydrogen (secondary N) is 1. The maximum absolute atomic E-state index is 12.9. The smallest absolute Gasteiger partial charge is 0.322 e. The summed E-state index contributed by atoms with van der Waals surface area (Å²) in [6.45, 7) is 2.87. The minimum atomic E-state index is -0.0143. The lowest BCUT2D eigenvalue weighted by atomic mass is 10.00. The fourth-order valence-electron chi connectivity index (χ4n) is 4.32. The van der Waals surface area contributed by atoms with Gasteiger partial charge in [-0.25, -0.2) is 4.79 Å². The van der Waals surface area contributed by atoms with E-state index in [1.54, 1.807) is 12.4 Å². The van der Waals surface area contributed by atoms with Gasteiger partial charge in [0.25, 0.3) is 0 Å². The third-order valence-electron chi connectivity index (χ3n) is 5.75. The number of piperidine rings is 1. The van der Waals surface area contributed by atoms with Crippen LogP contribution < -0.4 is 14.8 Å². The summed E-state index contributed by atoms with van der Waals surface area (Å²) in [5, 5.41) is 3.05. The van der Waals surface area contributed by atoms with Crippen LogP contribution in [0.5, 0.6) is 11.5 Å². The number of aromatic nitrogens is 1. The van der Waals surface area contributed by atoms with Crippen molar-refractivity contribution in [3.05, 3.63) is 48.8 Å². The molecule has 1 aromatic heterocycles. The van der Waals surface area contributed by atoms with Crippen molar-refractivity contribution in [2.24, 2.45) is 0 Å². The van der Waals surface area contributed by atoms with E-state index in [1.165, 1.54) is 0 Å². The van der Waals surface area contributed by atoms with Crippen LogP contribution in [0.3, 0.4) is 0 Å². The van der Waals surface area contributed by atoms with E-state index in [4.69, 9.17) is 9.47 Å². The Morgan fingerprint density at radius 3 is 2.41 bits per heavy atom. The number of benzene rings is 1. The second-order valence-corrected chi connectivity index (χ2v) is 7.84. The highest BCUT2D eigenvalue weighted by Crippen LogP contribution is 2.37. The van der Waals surface area contributed by atoms with E-state index >= 15 is 0 Å². The molecule has 0 saturated carbocycles. The van der Waals surface area contributed by atoms with E-state index in [0.29, 0.717) is 0 Å². The van der Waals surface area contributed by atoms with Crippen LogP contribution in [0.1, 0.15) is 45.4 Å². The van der Waals surface area contributed by atoms with E-state index in [1.807, 2.05) is 41.3 Å². The van der Waals surface area contributed by atoms with Crippen LogP contribution >= 0.6 is 0 Å². The van der Waals surface area contributed by atoms with Crippen molar-refractivity contribution in [1.29, 1.82) is 0 Å². The quantitative estimate of drug-likeness (QED) is 0.680. The Morgan fingerprint density at radius 1 is 1.07 bits per heavy atom. The lowest BCUT2D eigenvalue weighted by molar-refractivity contribution is 0.0732. The lowest BCUT2D eigenvalue weighted by Crippen LogP contribution is -2.50. The van der Waals surface area contributed by atoms with Crippen molar-refractivity contribution >= 4 is 11.7 Å². The molecule has 6 nitrogen and oxygen atoms in total. The highest BCUT2D eigenvalue weighted by Gasteiger charge is 2.44. The van der Waals surface area contributed by atoms with Crippen molar-refractivity contribution in [3.8, 4) is 11.5 Å². The van der Waals surface area contributed by atoms with E-state index in [0.717, 1.165) is 62.3 Å². The van der Waals surface area contributed by atoms with Crippen molar-refractivity contribution in [2.45, 2.75) is 63.6 Å². The molecule has 3 heterocycles. The summed E-state index contributed by atoms with van der Waals surface area (Å²) >= 11 is 0. The van der Waals surface area contributed by atoms with Crippen LogP contribution in [-0.2, 0) is 0 Å². The zero-order valence-corrected chi connectivity index (χ0v) is 16.9. The molecule has 2 saturated heterocycles. The number of amides is 2. The summed E-state index contributed by atoms with van der Waals surface area (Å²) in [7, 11) is 0. The molecule has 0 aliphatic carbocycles. The Kier molecular flexibility index (Phi) is 6.17. The van der Waals surface area contributed by atoms with Crippen LogP contribution in [0.15, 0.2) is 48.8 Å². The second kappa shape index (κ2) is 9.16. The number of pyridine rings is 1. The number of nitrogens with zero attached hydrogens (tertiary/aromatic N) is 2. The van der Waals surface area contributed by atoms with Gasteiger partial charge in [0.2, 0.25) is 0 Å². The molecule has 2 atom stereocenters. The first-order valence-corrected chi connectivity index (χ1v) is 10.6. The number of hydrogen-bond acceptors (Lipinski definition) is 4. The Hall–Kier alpha value is -2.76. The van der Waals surface area contributed by atoms with Gasteiger partial charge in [-0.15, -0.1) is 0 Å². The van der Waals surface area contributed by atoms with Gasteiger partial charge in [0.05, 0.1) is 6.61 Å². The molecule has 2 aliphatic heterocycles. The van der Waals surface area contributed by atoms with E-state index < -0.39 is 0 Å². The maximum Gasteiger partial charge on any atom is 0.322 e. The summed E-state index contributed by atoms with van der Waals surface area (Å²) in [5.74, 6) is 1.69. The minimum absolute atomic E-state index is 0.0143. The van der Waals surface area contributed by atoms with Crippen molar-refractivity contribution in [1.82, 2.24) is 9.88 Å². The Labute approximate surface area is 172 Å². The third-order valence-corrected chi connectivity index (χ3v) is 5.75. The molecule has 2 fully saturated rings. The number of carbonyl (C=O) groups is 1. The first-order valence-electron chi connectivity index (χ1n) is 10.6. The van der Waals surface area contributed by atoms with Gasteiger partial charge < -0.3 is 19.7 Å². The first-order chi connectivity index (χ1) is 14.2. The summed E-state index contributed by atoms with van der Waals surface area (Å²) in [6, 6.07) is 11.9. The number of anilines is 1. The van der Waals surface area contributed by atoms with E-state index in [9.17, 15) is 4.79 Å². The van der Waals surface area contributed by atoms with Gasteiger partial charge >= 0.3 is 6.03 Å². The predicted octanol–water partition coefficient (Wildman–Crippen LogP) is 4.87. The number of fused-ring (bicyclic) bond motifs is 2. The summed E-state index contributed by atoms with van der Waals surface area (Å²) in [5.41, 5.74) is 0.799. The fraction of sp³-hybridized carbons (Fsp3) is 0.478. The molecule has 0 spiro atoms. The number of unbranched alkanes of at least 4 members (excludes halogenated alkanes) is 1. The highest BCUT2D eigenvalue weighted by molar-refractivity contribution is 5.90. The minimum Gasteiger partial charge on any atom is -0.494 e. The molecule has 29 heavy (non-hydrogen) atoms. The van der Waals surface area contributed by atoms with Gasteiger partial charge in [0.15, 0.2) is 0 Å². The average Bonchev–Trinajstić information content (AvgIpc) is 3.01. The molecule has 1 aromatic carbocycles. The third kappa shape index (κ3) is 4.81. The number of rotatable bonds is 7. The van der Waals surface area contributed by atoms with Crippen LogP contribution in [0.4, 0.5) is 10.5 Å². The highest BCUT2D eigenvalue weighted by atomic mass is 16.5. The molecule has 2 unspecified atom stereocenters. The number of hydrogen-bond donors (Lipinski definition) is 1. The molecule has 2 aromatic rings. The average molecular weight is 396 g/mol. The molecular formula is C23H29N3O3. The van der Waals surface area contributed by atoms with Gasteiger partial charge in [-0.3, -0.25) is 4.98 Å². The van der Waals surface area contributed by atoms with Gasteiger partial charge in [-0.1, -0.05) is 13.3 Å². The van der Waals surface area contributed by atoms with Crippen molar-refractivity contribution < 1.29 is 14.3 Å². The van der Waals surface area contributed by atoms with Crippen LogP contribution in [0, 0.1) is 0 Å². The zero-order valence-electron chi connectivity index (χ0n) is 16.9. The lowest BCUT2D eigenvalue weighted by Gasteiger charge is -2.38. The van der Waals surface area contributed by atoms with Crippen LogP contribution in [0.2, 0.25) is 0 Å². The molecule has 154 valence electrons. The number of ether oxygens (including phenoxy) is 2. The van der Waals surface area contributed by atoms with E-state index in [-0.39, 0.29) is 24.2 Å². The molecule has 2 aliphatic rings. The fourth-order valence-corrected chi connectivity index (χ4v) is 4.32. The predicted molar refractivity (Wildman–Crippen MR) is 112 cm³/mol. The monoisotopic (exact) mass is 395 g/mol. The zero-order chi connectivity index (χ0) is 20.1. The van der Waals surface area contributed by atoms with Crippen LogP contribution in [0.25, 0.3) is 0 Å². The summed E-state index contributed by atoms with van der Waals surface area (Å²) in [6.07, 6.45) is 9.62. The number of urea groups is 1. The Morgan fingerprint density at radius 2 is 1.76 bits per heavy atom. The molecule has 0 radical (unpaired) electrons. The van der Waals surface area contributed by atoms with Crippen molar-refractivity contribution in [3.63, 3.8) is 0 Å². The van der Waals surface area contributed by atoms with E-state index in [2.05, 4.69) is 17.2 Å². The van der Waals surface area contributed by atoms with Crippen LogP contribution in [-0.4, -0.2) is 40.7 Å². The van der Waals surface area contributed by atoms with Gasteiger partial charge in [0, 0.05) is 43.0 Å². The normalized spacial score (nSPS) is 22.9. The molecule has 2 amide bonds. The molecular weight excluding hydrogens is 366 g/mol. The summed E-state index contributed by atoms with van der Waals surface area (Å²) in [4.78, 5) is 19.0. The molecule has 4 rings (SSSR count). The maximum atomic E-state index is 12.9. The Balaban J connectivity index is 1.32. The molecule has 6 heteroatoms. The van der Waals surface area contributed by atoms with Gasteiger partial charge in [0.1, 0.15) is 17.6 Å². The van der Waals surface area contributed by atoms with Crippen molar-refractivity contribution in [2.75, 3.05) is 11.9 Å². The standard InChI is InChI=1S/C23H29N3O3/c1-2-3-14-28-20-8-4-17(5-9-20)25-23(27)26-18-6-7-19(26)16-22(15-18)29-21-10-12-24-13-11-21/h4-5,8-13,18-19,22H,2-3,6-7,14-16H2,1H3,(H,25,27). The summed E-state index contributed by atoms with van der Waals surface area (Å²) < 4.78 is 11.8. The largest absolute Gasteiger partial charge is 0.494 e. The molecule has 1 N–H and O–H groups in total. The first kappa shape index (κ1) is 19.6. The van der Waals surface area contributed by atoms with Gasteiger partial charge in [-0.2, -0.15) is 0 Å². The topological polar surface area (TPSA) is 63.7 Å². The second-order valence-electron chi connectivity index (χ2n) is 7.84. The SMILES string of the molecule is CCCCOc1ccc(NC(=O)N2C3CCC2CC(Oc2ccncc2)C3)cc1. The van der Waals surface area contributed by atoms with Gasteiger partial charge in [-0.05, 0) is 55.7 Å².